The van der Waals surface area contributed by atoms with E-state index < -0.39 is 10.8 Å². The summed E-state index contributed by atoms with van der Waals surface area (Å²) in [4.78, 5) is 0. The molecule has 0 radical (unpaired) electrons. The van der Waals surface area contributed by atoms with Crippen LogP contribution in [-0.2, 0) is 10.8 Å². The first-order valence-electron chi connectivity index (χ1n) is 5.18. The van der Waals surface area contributed by atoms with Crippen LogP contribution < -0.4 is 5.32 Å². The minimum Gasteiger partial charge on any atom is -0.317 e. The van der Waals surface area contributed by atoms with E-state index >= 15 is 0 Å². The van der Waals surface area contributed by atoms with Gasteiger partial charge in [0, 0.05) is 27.8 Å². The van der Waals surface area contributed by atoms with Gasteiger partial charge >= 0.3 is 0 Å². The molecule has 0 heterocycles. The molecule has 3 atom stereocenters. The summed E-state index contributed by atoms with van der Waals surface area (Å²) in [5.74, 6) is 1.44. The highest BCUT2D eigenvalue weighted by molar-refractivity contribution is 7.85. The molecule has 2 nitrogen and oxygen atoms in total. The lowest BCUT2D eigenvalue weighted by atomic mass is 10.3. The van der Waals surface area contributed by atoms with Gasteiger partial charge in [0.2, 0.25) is 0 Å². The van der Waals surface area contributed by atoms with Gasteiger partial charge in [0.25, 0.3) is 0 Å². The summed E-state index contributed by atoms with van der Waals surface area (Å²) in [6.45, 7) is 4.28. The van der Waals surface area contributed by atoms with Crippen LogP contribution in [0.25, 0.3) is 0 Å². The smallest absolute Gasteiger partial charge is 0.0363 e. The van der Waals surface area contributed by atoms with Crippen LogP contribution in [0.3, 0.4) is 0 Å². The molecule has 78 valence electrons. The van der Waals surface area contributed by atoms with Gasteiger partial charge in [0.1, 0.15) is 0 Å². The Balaban J connectivity index is 2.33. The SMILES string of the molecule is CNC1CCC(S(=O)CC(C)C)C1. The quantitative estimate of drug-likeness (QED) is 0.751. The van der Waals surface area contributed by atoms with Crippen LogP contribution in [0.5, 0.6) is 0 Å². The van der Waals surface area contributed by atoms with Crippen LogP contribution in [0.15, 0.2) is 0 Å². The number of nitrogens with one attached hydrogen (secondary N) is 1. The summed E-state index contributed by atoms with van der Waals surface area (Å²) < 4.78 is 11.8. The summed E-state index contributed by atoms with van der Waals surface area (Å²) in [7, 11) is 1.41. The average molecular weight is 203 g/mol. The lowest BCUT2D eigenvalue weighted by Crippen LogP contribution is -2.24. The third kappa shape index (κ3) is 3.39. The zero-order chi connectivity index (χ0) is 9.84. The third-order valence-electron chi connectivity index (χ3n) is 2.66. The van der Waals surface area contributed by atoms with Gasteiger partial charge < -0.3 is 5.32 Å². The third-order valence-corrected chi connectivity index (χ3v) is 4.83. The van der Waals surface area contributed by atoms with Crippen molar-refractivity contribution in [1.29, 1.82) is 0 Å². The molecule has 0 aromatic rings. The van der Waals surface area contributed by atoms with Crippen LogP contribution in [-0.4, -0.2) is 28.3 Å². The fourth-order valence-electron chi connectivity index (χ4n) is 1.91. The molecule has 13 heavy (non-hydrogen) atoms. The van der Waals surface area contributed by atoms with Crippen molar-refractivity contribution < 1.29 is 4.21 Å². The van der Waals surface area contributed by atoms with Gasteiger partial charge in [-0.15, -0.1) is 0 Å². The average Bonchev–Trinajstić information content (AvgIpc) is 2.50. The van der Waals surface area contributed by atoms with Crippen molar-refractivity contribution in [2.75, 3.05) is 12.8 Å². The highest BCUT2D eigenvalue weighted by atomic mass is 32.2. The molecule has 0 aromatic heterocycles. The Morgan fingerprint density at radius 2 is 2.15 bits per heavy atom. The Labute approximate surface area is 83.9 Å². The van der Waals surface area contributed by atoms with E-state index in [0.717, 1.165) is 18.6 Å². The summed E-state index contributed by atoms with van der Waals surface area (Å²) in [5, 5.41) is 3.73. The molecule has 1 N–H and O–H groups in total. The monoisotopic (exact) mass is 203 g/mol. The predicted octanol–water partition coefficient (Wildman–Crippen LogP) is 1.53. The van der Waals surface area contributed by atoms with Gasteiger partial charge in [-0.1, -0.05) is 13.8 Å². The Morgan fingerprint density at radius 1 is 1.46 bits per heavy atom. The van der Waals surface area contributed by atoms with Crippen molar-refractivity contribution in [2.45, 2.75) is 44.4 Å². The highest BCUT2D eigenvalue weighted by Gasteiger charge is 2.27. The normalized spacial score (nSPS) is 31.1. The maximum Gasteiger partial charge on any atom is 0.0363 e. The van der Waals surface area contributed by atoms with Gasteiger partial charge in [0.05, 0.1) is 0 Å². The number of rotatable bonds is 4. The highest BCUT2D eigenvalue weighted by Crippen LogP contribution is 2.24. The molecule has 0 amide bonds. The van der Waals surface area contributed by atoms with Gasteiger partial charge in [-0.05, 0) is 32.2 Å². The Morgan fingerprint density at radius 3 is 2.62 bits per heavy atom. The predicted molar refractivity (Wildman–Crippen MR) is 58.3 cm³/mol. The van der Waals surface area contributed by atoms with Gasteiger partial charge in [-0.25, -0.2) is 0 Å². The van der Waals surface area contributed by atoms with E-state index in [2.05, 4.69) is 19.2 Å². The van der Waals surface area contributed by atoms with Gasteiger partial charge in [-0.2, -0.15) is 0 Å². The van der Waals surface area contributed by atoms with E-state index in [9.17, 15) is 4.21 Å². The van der Waals surface area contributed by atoms with Crippen LogP contribution in [0.4, 0.5) is 0 Å². The van der Waals surface area contributed by atoms with Crippen molar-refractivity contribution >= 4 is 10.8 Å². The van der Waals surface area contributed by atoms with E-state index in [1.54, 1.807) is 0 Å². The van der Waals surface area contributed by atoms with Crippen LogP contribution in [0.2, 0.25) is 0 Å². The molecule has 0 bridgehead atoms. The molecule has 0 saturated heterocycles. The van der Waals surface area contributed by atoms with Gasteiger partial charge in [0.15, 0.2) is 0 Å². The van der Waals surface area contributed by atoms with Crippen LogP contribution >= 0.6 is 0 Å². The molecule has 1 saturated carbocycles. The van der Waals surface area contributed by atoms with E-state index in [4.69, 9.17) is 0 Å². The molecule has 1 aliphatic carbocycles. The second-order valence-corrected chi connectivity index (χ2v) is 6.12. The second kappa shape index (κ2) is 5.11. The van der Waals surface area contributed by atoms with Crippen molar-refractivity contribution in [2.24, 2.45) is 5.92 Å². The van der Waals surface area contributed by atoms with Crippen LogP contribution in [0, 0.1) is 5.92 Å². The Kier molecular flexibility index (Phi) is 4.39. The second-order valence-electron chi connectivity index (χ2n) is 4.36. The van der Waals surface area contributed by atoms with Gasteiger partial charge in [-0.3, -0.25) is 4.21 Å². The molecule has 3 heteroatoms. The van der Waals surface area contributed by atoms with E-state index in [1.807, 2.05) is 7.05 Å². The van der Waals surface area contributed by atoms with E-state index in [0.29, 0.717) is 17.2 Å². The van der Waals surface area contributed by atoms with E-state index in [-0.39, 0.29) is 0 Å². The molecule has 1 fully saturated rings. The lowest BCUT2D eigenvalue weighted by molar-refractivity contribution is 0.580. The first-order valence-corrected chi connectivity index (χ1v) is 6.56. The molecular weight excluding hydrogens is 182 g/mol. The number of hydrogen-bond donors (Lipinski definition) is 1. The lowest BCUT2D eigenvalue weighted by Gasteiger charge is -2.12. The maximum absolute atomic E-state index is 11.8. The molecule has 1 aliphatic rings. The largest absolute Gasteiger partial charge is 0.317 e. The molecule has 3 unspecified atom stereocenters. The zero-order valence-electron chi connectivity index (χ0n) is 8.88. The summed E-state index contributed by atoms with van der Waals surface area (Å²) in [5.41, 5.74) is 0. The van der Waals surface area contributed by atoms with Crippen molar-refractivity contribution in [1.82, 2.24) is 5.32 Å². The molecular formula is C10H21NOS. The first-order chi connectivity index (χ1) is 6.13. The van der Waals surface area contributed by atoms with E-state index in [1.165, 1.54) is 6.42 Å². The first kappa shape index (κ1) is 11.2. The minimum absolute atomic E-state index is 0.458. The fraction of sp³-hybridized carbons (Fsp3) is 1.00. The van der Waals surface area contributed by atoms with Crippen molar-refractivity contribution in [3.8, 4) is 0 Å². The number of hydrogen-bond acceptors (Lipinski definition) is 2. The fourth-order valence-corrected chi connectivity index (χ4v) is 3.68. The summed E-state index contributed by atoms with van der Waals surface area (Å²) in [6, 6.07) is 0.612. The minimum atomic E-state index is -0.588. The molecule has 1 rings (SSSR count). The van der Waals surface area contributed by atoms with Crippen LogP contribution in [0.1, 0.15) is 33.1 Å². The van der Waals surface area contributed by atoms with Crippen molar-refractivity contribution in [3.63, 3.8) is 0 Å². The standard InChI is InChI=1S/C10H21NOS/c1-8(2)7-13(12)10-5-4-9(6-10)11-3/h8-11H,4-7H2,1-3H3. The molecule has 0 aromatic carbocycles. The molecule has 0 spiro atoms. The van der Waals surface area contributed by atoms with Crippen molar-refractivity contribution in [3.05, 3.63) is 0 Å². The molecule has 0 aliphatic heterocycles. The Hall–Kier alpha value is 0.110. The summed E-state index contributed by atoms with van der Waals surface area (Å²) in [6.07, 6.45) is 3.45. The summed E-state index contributed by atoms with van der Waals surface area (Å²) >= 11 is 0. The zero-order valence-corrected chi connectivity index (χ0v) is 9.69. The Bertz CT molecular complexity index is 182. The maximum atomic E-state index is 11.8. The topological polar surface area (TPSA) is 29.1 Å².